The summed E-state index contributed by atoms with van der Waals surface area (Å²) in [5, 5.41) is 6.88. The number of nitrogens with zero attached hydrogens (tertiary/aromatic N) is 3. The molecule has 3 rings (SSSR count). The van der Waals surface area contributed by atoms with Gasteiger partial charge in [-0.05, 0) is 6.07 Å². The summed E-state index contributed by atoms with van der Waals surface area (Å²) in [5.74, 6) is -0.407. The van der Waals surface area contributed by atoms with Gasteiger partial charge in [-0.1, -0.05) is 0 Å². The molecule has 1 N–H and O–H groups in total. The number of nitrogens with one attached hydrogen (secondary N) is 1. The highest BCUT2D eigenvalue weighted by molar-refractivity contribution is 6.00. The third-order valence-electron chi connectivity index (χ3n) is 3.75. The molecule has 0 spiro atoms. The summed E-state index contributed by atoms with van der Waals surface area (Å²) in [7, 11) is 3.30. The molecule has 1 saturated heterocycles. The molecule has 0 bridgehead atoms. The Bertz CT molecular complexity index is 707. The van der Waals surface area contributed by atoms with Crippen LogP contribution in [0.1, 0.15) is 10.4 Å². The van der Waals surface area contributed by atoms with Gasteiger partial charge in [0, 0.05) is 32.4 Å². The summed E-state index contributed by atoms with van der Waals surface area (Å²) in [5.41, 5.74) is 1.78. The van der Waals surface area contributed by atoms with Crippen LogP contribution < -0.4 is 5.32 Å². The van der Waals surface area contributed by atoms with Crippen LogP contribution in [0.2, 0.25) is 0 Å². The van der Waals surface area contributed by atoms with Gasteiger partial charge in [0.2, 0.25) is 0 Å². The highest BCUT2D eigenvalue weighted by atomic mass is 16.5. The Morgan fingerprint density at radius 3 is 2.96 bits per heavy atom. The van der Waals surface area contributed by atoms with E-state index in [0.29, 0.717) is 24.4 Å². The average Bonchev–Trinajstić information content (AvgIpc) is 3.22. The summed E-state index contributed by atoms with van der Waals surface area (Å²) in [6.07, 6.45) is 4.11. The summed E-state index contributed by atoms with van der Waals surface area (Å²) in [6.45, 7) is 0.982. The molecule has 0 radical (unpaired) electrons. The molecule has 1 atom stereocenters. The van der Waals surface area contributed by atoms with Crippen molar-refractivity contribution in [3.05, 3.63) is 30.4 Å². The molecule has 8 nitrogen and oxygen atoms in total. The number of rotatable bonds is 3. The topological polar surface area (TPSA) is 89.6 Å². The molecular weight excluding hydrogens is 300 g/mol. The quantitative estimate of drug-likeness (QED) is 0.877. The van der Waals surface area contributed by atoms with Crippen LogP contribution in [-0.4, -0.2) is 59.3 Å². The zero-order chi connectivity index (χ0) is 16.4. The molecule has 2 amide bonds. The van der Waals surface area contributed by atoms with Crippen molar-refractivity contribution in [1.29, 1.82) is 0 Å². The molecule has 122 valence electrons. The van der Waals surface area contributed by atoms with Crippen LogP contribution in [0.25, 0.3) is 11.3 Å². The van der Waals surface area contributed by atoms with E-state index in [2.05, 4.69) is 10.4 Å². The highest BCUT2D eigenvalue weighted by Gasteiger charge is 2.31. The maximum Gasteiger partial charge on any atom is 0.257 e. The maximum atomic E-state index is 12.8. The number of carbonyl (C=O) groups is 2. The molecule has 3 heterocycles. The van der Waals surface area contributed by atoms with E-state index >= 15 is 0 Å². The van der Waals surface area contributed by atoms with E-state index in [1.54, 1.807) is 42.2 Å². The fourth-order valence-electron chi connectivity index (χ4n) is 2.58. The van der Waals surface area contributed by atoms with Crippen molar-refractivity contribution >= 4 is 11.8 Å². The number of likely N-dealkylation sites (N-methyl/N-ethyl adjacent to an activating group) is 1. The lowest BCUT2D eigenvalue weighted by Crippen LogP contribution is -2.51. The fraction of sp³-hybridized carbons (Fsp3) is 0.400. The van der Waals surface area contributed by atoms with Crippen LogP contribution in [0.5, 0.6) is 0 Å². The van der Waals surface area contributed by atoms with Crippen molar-refractivity contribution in [3.8, 4) is 11.3 Å². The molecule has 0 aromatic carbocycles. The first-order valence-electron chi connectivity index (χ1n) is 7.29. The lowest BCUT2D eigenvalue weighted by Gasteiger charge is -2.31. The number of ether oxygens (including phenoxy) is 1. The first-order chi connectivity index (χ1) is 11.1. The van der Waals surface area contributed by atoms with Crippen LogP contribution in [0, 0.1) is 0 Å². The minimum absolute atomic E-state index is 0.175. The number of furan rings is 1. The molecule has 1 aliphatic rings. The minimum atomic E-state index is -0.647. The van der Waals surface area contributed by atoms with Crippen molar-refractivity contribution < 1.29 is 18.7 Å². The SMILES string of the molecule is CNC(=O)C1CN(C(=O)c2cn(C)nc2-c2ccoc2)CCO1. The zero-order valence-electron chi connectivity index (χ0n) is 13.0. The van der Waals surface area contributed by atoms with Crippen molar-refractivity contribution in [2.75, 3.05) is 26.7 Å². The van der Waals surface area contributed by atoms with Gasteiger partial charge >= 0.3 is 0 Å². The third-order valence-corrected chi connectivity index (χ3v) is 3.75. The normalized spacial score (nSPS) is 18.0. The molecule has 2 aromatic heterocycles. The molecule has 23 heavy (non-hydrogen) atoms. The molecule has 0 saturated carbocycles. The Hall–Kier alpha value is -2.61. The number of aromatic nitrogens is 2. The maximum absolute atomic E-state index is 12.8. The smallest absolute Gasteiger partial charge is 0.257 e. The molecule has 1 unspecified atom stereocenters. The van der Waals surface area contributed by atoms with Crippen LogP contribution in [0.3, 0.4) is 0 Å². The molecule has 1 fully saturated rings. The fourth-order valence-corrected chi connectivity index (χ4v) is 2.58. The van der Waals surface area contributed by atoms with Gasteiger partial charge < -0.3 is 19.4 Å². The van der Waals surface area contributed by atoms with Crippen molar-refractivity contribution in [2.24, 2.45) is 7.05 Å². The van der Waals surface area contributed by atoms with Gasteiger partial charge in [-0.2, -0.15) is 5.10 Å². The van der Waals surface area contributed by atoms with E-state index in [9.17, 15) is 9.59 Å². The zero-order valence-corrected chi connectivity index (χ0v) is 13.0. The third kappa shape index (κ3) is 2.98. The molecule has 0 aliphatic carbocycles. The number of aryl methyl sites for hydroxylation is 1. The Kier molecular flexibility index (Phi) is 4.16. The summed E-state index contributed by atoms with van der Waals surface area (Å²) in [4.78, 5) is 26.2. The molecule has 8 heteroatoms. The van der Waals surface area contributed by atoms with E-state index < -0.39 is 6.10 Å². The Morgan fingerprint density at radius 2 is 2.26 bits per heavy atom. The Morgan fingerprint density at radius 1 is 1.43 bits per heavy atom. The van der Waals surface area contributed by atoms with Gasteiger partial charge in [0.15, 0.2) is 6.10 Å². The Labute approximate surface area is 133 Å². The average molecular weight is 318 g/mol. The number of hydrogen-bond donors (Lipinski definition) is 1. The molecule has 2 aromatic rings. The summed E-state index contributed by atoms with van der Waals surface area (Å²) in [6, 6.07) is 1.76. The second kappa shape index (κ2) is 6.25. The minimum Gasteiger partial charge on any atom is -0.472 e. The van der Waals surface area contributed by atoms with E-state index in [0.717, 1.165) is 5.56 Å². The Balaban J connectivity index is 1.85. The van der Waals surface area contributed by atoms with Crippen LogP contribution in [-0.2, 0) is 16.6 Å². The van der Waals surface area contributed by atoms with Gasteiger partial charge in [0.1, 0.15) is 5.69 Å². The van der Waals surface area contributed by atoms with Gasteiger partial charge in [0.25, 0.3) is 11.8 Å². The van der Waals surface area contributed by atoms with E-state index in [-0.39, 0.29) is 18.4 Å². The summed E-state index contributed by atoms with van der Waals surface area (Å²) < 4.78 is 12.1. The van der Waals surface area contributed by atoms with Gasteiger partial charge in [0.05, 0.1) is 31.2 Å². The monoisotopic (exact) mass is 318 g/mol. The predicted molar refractivity (Wildman–Crippen MR) is 80.6 cm³/mol. The number of carbonyl (C=O) groups excluding carboxylic acids is 2. The highest BCUT2D eigenvalue weighted by Crippen LogP contribution is 2.24. The lowest BCUT2D eigenvalue weighted by molar-refractivity contribution is -0.136. The van der Waals surface area contributed by atoms with Crippen LogP contribution >= 0.6 is 0 Å². The van der Waals surface area contributed by atoms with Gasteiger partial charge in [-0.3, -0.25) is 14.3 Å². The number of hydrogen-bond acceptors (Lipinski definition) is 5. The van der Waals surface area contributed by atoms with Gasteiger partial charge in [-0.15, -0.1) is 0 Å². The second-order valence-electron chi connectivity index (χ2n) is 5.30. The molecular formula is C15H18N4O4. The molecule has 1 aliphatic heterocycles. The predicted octanol–water partition coefficient (Wildman–Crippen LogP) is 0.267. The van der Waals surface area contributed by atoms with E-state index in [4.69, 9.17) is 9.15 Å². The van der Waals surface area contributed by atoms with Crippen LogP contribution in [0.4, 0.5) is 0 Å². The second-order valence-corrected chi connectivity index (χ2v) is 5.30. The number of amides is 2. The van der Waals surface area contributed by atoms with Crippen LogP contribution in [0.15, 0.2) is 29.2 Å². The standard InChI is InChI=1S/C15H18N4O4/c1-16-14(20)12-8-19(4-6-23-12)15(21)11-7-18(2)17-13(11)10-3-5-22-9-10/h3,5,7,9,12H,4,6,8H2,1-2H3,(H,16,20). The van der Waals surface area contributed by atoms with Gasteiger partial charge in [-0.25, -0.2) is 0 Å². The first-order valence-corrected chi connectivity index (χ1v) is 7.29. The van der Waals surface area contributed by atoms with Crippen molar-refractivity contribution in [1.82, 2.24) is 20.0 Å². The van der Waals surface area contributed by atoms with Crippen molar-refractivity contribution in [3.63, 3.8) is 0 Å². The number of morpholine rings is 1. The summed E-state index contributed by atoms with van der Waals surface area (Å²) >= 11 is 0. The first kappa shape index (κ1) is 15.3. The largest absolute Gasteiger partial charge is 0.472 e. The van der Waals surface area contributed by atoms with E-state index in [1.807, 2.05) is 0 Å². The van der Waals surface area contributed by atoms with Crippen molar-refractivity contribution in [2.45, 2.75) is 6.10 Å². The van der Waals surface area contributed by atoms with E-state index in [1.165, 1.54) is 6.26 Å². The lowest BCUT2D eigenvalue weighted by atomic mass is 10.1.